The Bertz CT molecular complexity index is 1000. The lowest BCUT2D eigenvalue weighted by molar-refractivity contribution is 0.622. The number of rotatable bonds is 1. The molecule has 2 heterocycles. The second-order valence-corrected chi connectivity index (χ2v) is 4.85. The lowest BCUT2D eigenvalue weighted by Gasteiger charge is -2.05. The monoisotopic (exact) mass is 273 g/mol. The Morgan fingerprint density at radius 1 is 0.857 bits per heavy atom. The summed E-state index contributed by atoms with van der Waals surface area (Å²) in [6.45, 7) is 0. The molecule has 0 fully saturated rings. The first-order chi connectivity index (χ1) is 10.3. The van der Waals surface area contributed by atoms with Crippen LogP contribution in [0.4, 0.5) is 0 Å². The first-order valence-electron chi connectivity index (χ1n) is 6.70. The summed E-state index contributed by atoms with van der Waals surface area (Å²) in [7, 11) is 0. The van der Waals surface area contributed by atoms with E-state index in [-0.39, 0.29) is 5.43 Å². The molecule has 4 rings (SSSR count). The van der Waals surface area contributed by atoms with E-state index in [1.54, 1.807) is 18.3 Å². The molecule has 0 saturated heterocycles. The van der Waals surface area contributed by atoms with Crippen LogP contribution >= 0.6 is 0 Å². The van der Waals surface area contributed by atoms with Gasteiger partial charge in [-0.3, -0.25) is 9.78 Å². The fourth-order valence-electron chi connectivity index (χ4n) is 2.51. The van der Waals surface area contributed by atoms with E-state index in [1.165, 1.54) is 0 Å². The van der Waals surface area contributed by atoms with E-state index in [9.17, 15) is 4.79 Å². The number of hydrogen-bond donors (Lipinski definition) is 0. The lowest BCUT2D eigenvalue weighted by Crippen LogP contribution is -2.00. The van der Waals surface area contributed by atoms with E-state index in [0.29, 0.717) is 16.7 Å². The van der Waals surface area contributed by atoms with Gasteiger partial charge in [0, 0.05) is 23.2 Å². The maximum absolute atomic E-state index is 12.3. The van der Waals surface area contributed by atoms with Crippen LogP contribution in [-0.2, 0) is 0 Å². The summed E-state index contributed by atoms with van der Waals surface area (Å²) >= 11 is 0. The minimum absolute atomic E-state index is 0.0409. The number of aromatic nitrogens is 1. The van der Waals surface area contributed by atoms with Crippen LogP contribution in [0.1, 0.15) is 0 Å². The maximum atomic E-state index is 12.3. The van der Waals surface area contributed by atoms with Crippen LogP contribution < -0.4 is 5.43 Å². The quantitative estimate of drug-likeness (QED) is 0.492. The molecule has 100 valence electrons. The molecule has 2 aromatic carbocycles. The van der Waals surface area contributed by atoms with Crippen molar-refractivity contribution in [2.45, 2.75) is 0 Å². The van der Waals surface area contributed by atoms with Gasteiger partial charge in [0.15, 0.2) is 5.43 Å². The zero-order chi connectivity index (χ0) is 14.2. The van der Waals surface area contributed by atoms with Crippen molar-refractivity contribution < 1.29 is 4.42 Å². The molecule has 4 aromatic rings. The maximum Gasteiger partial charge on any atom is 0.193 e. The van der Waals surface area contributed by atoms with E-state index >= 15 is 0 Å². The summed E-state index contributed by atoms with van der Waals surface area (Å²) in [6, 6.07) is 18.5. The van der Waals surface area contributed by atoms with Crippen LogP contribution in [0.5, 0.6) is 0 Å². The summed E-state index contributed by atoms with van der Waals surface area (Å²) < 4.78 is 6.00. The molecule has 2 aromatic heterocycles. The van der Waals surface area contributed by atoms with Gasteiger partial charge < -0.3 is 4.42 Å². The highest BCUT2D eigenvalue weighted by Gasteiger charge is 2.09. The Morgan fingerprint density at radius 2 is 1.71 bits per heavy atom. The molecule has 0 bridgehead atoms. The van der Waals surface area contributed by atoms with E-state index in [0.717, 1.165) is 16.5 Å². The van der Waals surface area contributed by atoms with Crippen LogP contribution in [0.2, 0.25) is 0 Å². The van der Waals surface area contributed by atoms with Crippen LogP contribution in [0.3, 0.4) is 0 Å². The molecule has 0 N–H and O–H groups in total. The van der Waals surface area contributed by atoms with Crippen molar-refractivity contribution in [3.63, 3.8) is 0 Å². The van der Waals surface area contributed by atoms with Gasteiger partial charge in [0.05, 0.1) is 10.9 Å². The molecule has 3 nitrogen and oxygen atoms in total. The highest BCUT2D eigenvalue weighted by Crippen LogP contribution is 2.26. The highest BCUT2D eigenvalue weighted by atomic mass is 16.3. The van der Waals surface area contributed by atoms with E-state index in [1.807, 2.05) is 48.5 Å². The normalized spacial score (nSPS) is 11.0. The summed E-state index contributed by atoms with van der Waals surface area (Å²) in [4.78, 5) is 16.6. The van der Waals surface area contributed by atoms with Gasteiger partial charge in [0.2, 0.25) is 0 Å². The van der Waals surface area contributed by atoms with Crippen molar-refractivity contribution in [3.8, 4) is 11.3 Å². The third kappa shape index (κ3) is 1.91. The van der Waals surface area contributed by atoms with E-state index in [4.69, 9.17) is 4.42 Å². The van der Waals surface area contributed by atoms with Crippen LogP contribution in [0.15, 0.2) is 76.1 Å². The fraction of sp³-hybridized carbons (Fsp3) is 0. The second-order valence-electron chi connectivity index (χ2n) is 4.85. The van der Waals surface area contributed by atoms with Gasteiger partial charge in [-0.05, 0) is 24.3 Å². The van der Waals surface area contributed by atoms with Crippen LogP contribution in [0, 0.1) is 0 Å². The predicted molar refractivity (Wildman–Crippen MR) is 83.2 cm³/mol. The molecular weight excluding hydrogens is 262 g/mol. The van der Waals surface area contributed by atoms with E-state index < -0.39 is 0 Å². The van der Waals surface area contributed by atoms with Gasteiger partial charge >= 0.3 is 0 Å². The number of pyridine rings is 1. The molecular formula is C18H11NO2. The Balaban J connectivity index is 2.13. The van der Waals surface area contributed by atoms with Crippen molar-refractivity contribution in [3.05, 3.63) is 77.1 Å². The van der Waals surface area contributed by atoms with Crippen molar-refractivity contribution in [1.29, 1.82) is 0 Å². The minimum atomic E-state index is -0.0409. The van der Waals surface area contributed by atoms with Gasteiger partial charge in [-0.15, -0.1) is 0 Å². The molecule has 0 aliphatic carbocycles. The number of benzene rings is 2. The lowest BCUT2D eigenvalue weighted by atomic mass is 10.1. The molecule has 21 heavy (non-hydrogen) atoms. The van der Waals surface area contributed by atoms with Crippen LogP contribution in [0.25, 0.3) is 33.2 Å². The van der Waals surface area contributed by atoms with Crippen molar-refractivity contribution in [1.82, 2.24) is 4.98 Å². The highest BCUT2D eigenvalue weighted by molar-refractivity contribution is 6.02. The molecule has 3 heteroatoms. The second kappa shape index (κ2) is 4.56. The average molecular weight is 273 g/mol. The minimum Gasteiger partial charge on any atom is -0.455 e. The zero-order valence-corrected chi connectivity index (χ0v) is 11.1. The first-order valence-corrected chi connectivity index (χ1v) is 6.70. The molecule has 0 saturated carbocycles. The Hall–Kier alpha value is -2.94. The third-order valence-electron chi connectivity index (χ3n) is 3.53. The summed E-state index contributed by atoms with van der Waals surface area (Å²) in [5.74, 6) is 0.574. The van der Waals surface area contributed by atoms with Crippen LogP contribution in [-0.4, -0.2) is 4.98 Å². The smallest absolute Gasteiger partial charge is 0.193 e. The molecule has 0 spiro atoms. The molecule has 0 aliphatic rings. The summed E-state index contributed by atoms with van der Waals surface area (Å²) in [5.41, 5.74) is 2.25. The molecule has 0 atom stereocenters. The molecule has 0 aliphatic heterocycles. The zero-order valence-electron chi connectivity index (χ0n) is 11.1. The SMILES string of the molecule is O=c1cc(-c2ccccc2)oc2c1ccc1ncccc12. The third-order valence-corrected chi connectivity index (χ3v) is 3.53. The summed E-state index contributed by atoms with van der Waals surface area (Å²) in [6.07, 6.45) is 1.73. The van der Waals surface area contributed by atoms with Gasteiger partial charge in [0.25, 0.3) is 0 Å². The van der Waals surface area contributed by atoms with Gasteiger partial charge in [-0.2, -0.15) is 0 Å². The van der Waals surface area contributed by atoms with Crippen molar-refractivity contribution >= 4 is 21.9 Å². The number of hydrogen-bond acceptors (Lipinski definition) is 3. The molecule has 0 radical (unpaired) electrons. The van der Waals surface area contributed by atoms with Crippen molar-refractivity contribution in [2.75, 3.05) is 0 Å². The summed E-state index contributed by atoms with van der Waals surface area (Å²) in [5, 5.41) is 1.43. The topological polar surface area (TPSA) is 43.1 Å². The van der Waals surface area contributed by atoms with Gasteiger partial charge in [0.1, 0.15) is 11.3 Å². The Labute approximate surface area is 120 Å². The Morgan fingerprint density at radius 3 is 2.57 bits per heavy atom. The average Bonchev–Trinajstić information content (AvgIpc) is 2.55. The predicted octanol–water partition coefficient (Wildman–Crippen LogP) is 4.01. The number of nitrogens with zero attached hydrogens (tertiary/aromatic N) is 1. The van der Waals surface area contributed by atoms with E-state index in [2.05, 4.69) is 4.98 Å². The fourth-order valence-corrected chi connectivity index (χ4v) is 2.51. The Kier molecular flexibility index (Phi) is 2.57. The molecule has 0 unspecified atom stereocenters. The van der Waals surface area contributed by atoms with Gasteiger partial charge in [-0.25, -0.2) is 0 Å². The van der Waals surface area contributed by atoms with Gasteiger partial charge in [-0.1, -0.05) is 30.3 Å². The molecule has 0 amide bonds. The number of fused-ring (bicyclic) bond motifs is 3. The van der Waals surface area contributed by atoms with Crippen molar-refractivity contribution in [2.24, 2.45) is 0 Å². The first kappa shape index (κ1) is 11.9. The largest absolute Gasteiger partial charge is 0.455 e. The standard InChI is InChI=1S/C18H11NO2/c20-16-11-17(12-5-2-1-3-6-12)21-18-13-7-4-10-19-15(13)9-8-14(16)18/h1-11H.